The number of nitrogens with zero attached hydrogens (tertiary/aromatic N) is 2. The summed E-state index contributed by atoms with van der Waals surface area (Å²) in [6.45, 7) is 19.7. The maximum Gasteiger partial charge on any atom is 0.342 e. The molecule has 0 atom stereocenters. The normalized spacial score (nSPS) is 14.8. The maximum absolute atomic E-state index is 7.42. The van der Waals surface area contributed by atoms with Gasteiger partial charge in [0.15, 0.2) is 23.0 Å². The molecule has 0 amide bonds. The summed E-state index contributed by atoms with van der Waals surface area (Å²) in [7, 11) is 0. The predicted molar refractivity (Wildman–Crippen MR) is 284 cm³/mol. The van der Waals surface area contributed by atoms with Crippen LogP contribution in [0.2, 0.25) is 0 Å². The summed E-state index contributed by atoms with van der Waals surface area (Å²) in [5.74, 6) is 3.04. The highest BCUT2D eigenvalue weighted by Gasteiger charge is 2.51. The Kier molecular flexibility index (Phi) is 9.42. The minimum Gasteiger partial charge on any atom is -0.486 e. The van der Waals surface area contributed by atoms with Gasteiger partial charge >= 0.3 is 6.71 Å². The van der Waals surface area contributed by atoms with Crippen LogP contribution in [0.5, 0.6) is 23.0 Å². The molecule has 0 bridgehead atoms. The van der Waals surface area contributed by atoms with Crippen molar-refractivity contribution in [1.82, 2.24) is 0 Å². The highest BCUT2D eigenvalue weighted by molar-refractivity contribution is 6.99. The molecule has 13 rings (SSSR count). The van der Waals surface area contributed by atoms with Gasteiger partial charge in [-0.15, -0.1) is 0 Å². The molecule has 4 aliphatic rings. The number of hydrogen-bond acceptors (Lipinski definition) is 8. The molecule has 0 unspecified atom stereocenters. The third kappa shape index (κ3) is 6.57. The fraction of sp³-hybridized carbons (Fsp3) is 0.246. The van der Waals surface area contributed by atoms with E-state index in [4.69, 9.17) is 27.8 Å². The number of rotatable bonds is 5. The summed E-state index contributed by atoms with van der Waals surface area (Å²) < 4.78 is 40.4. The molecule has 0 aliphatic carbocycles. The third-order valence-electron chi connectivity index (χ3n) is 14.6. The second kappa shape index (κ2) is 15.5. The first-order chi connectivity index (χ1) is 33.8. The SMILES string of the molecule is CC(C)c1cc2c3c(c1)N(c1cc4c(cc1-c1ccccc1)OCCO4)c1c(oc4ccc(C(C)(C)C)cc14)B3c1oc3ccc(C(C)(C)C)cc3c1N2c1cc2c(cc1-c1ccccc1)OCCO2. The molecule has 9 heteroatoms. The van der Waals surface area contributed by atoms with Crippen LogP contribution in [0.3, 0.4) is 0 Å². The Bertz CT molecular complexity index is 3350. The van der Waals surface area contributed by atoms with Crippen LogP contribution in [-0.4, -0.2) is 33.1 Å². The number of hydrogen-bond donors (Lipinski definition) is 0. The number of anilines is 6. The molecule has 6 heterocycles. The van der Waals surface area contributed by atoms with E-state index < -0.39 is 6.71 Å². The molecule has 0 fully saturated rings. The molecular weight excluding hydrogens is 867 g/mol. The van der Waals surface area contributed by atoms with Crippen LogP contribution in [0.25, 0.3) is 44.2 Å². The topological polar surface area (TPSA) is 69.7 Å². The van der Waals surface area contributed by atoms with Crippen LogP contribution in [0.1, 0.15) is 78.0 Å². The van der Waals surface area contributed by atoms with E-state index in [1.54, 1.807) is 0 Å². The summed E-state index contributed by atoms with van der Waals surface area (Å²) >= 11 is 0. The number of benzene rings is 7. The molecule has 0 saturated heterocycles. The smallest absolute Gasteiger partial charge is 0.342 e. The number of fused-ring (bicyclic) bond motifs is 10. The molecule has 348 valence electrons. The Morgan fingerprint density at radius 2 is 0.857 bits per heavy atom. The summed E-state index contributed by atoms with van der Waals surface area (Å²) in [6.07, 6.45) is 0. The minimum atomic E-state index is -0.422. The lowest BCUT2D eigenvalue weighted by Gasteiger charge is -2.42. The average molecular weight is 923 g/mol. The fourth-order valence-corrected chi connectivity index (χ4v) is 11.0. The van der Waals surface area contributed by atoms with Crippen molar-refractivity contribution in [2.24, 2.45) is 0 Å². The molecule has 2 aromatic heterocycles. The number of ether oxygens (including phenoxy) is 4. The van der Waals surface area contributed by atoms with E-state index in [9.17, 15) is 0 Å². The van der Waals surface area contributed by atoms with E-state index in [2.05, 4.69) is 199 Å². The van der Waals surface area contributed by atoms with Gasteiger partial charge in [-0.3, -0.25) is 0 Å². The van der Waals surface area contributed by atoms with Crippen molar-refractivity contribution < 1.29 is 27.8 Å². The van der Waals surface area contributed by atoms with E-state index in [-0.39, 0.29) is 16.7 Å². The van der Waals surface area contributed by atoms with Gasteiger partial charge in [0.2, 0.25) is 0 Å². The fourth-order valence-electron chi connectivity index (χ4n) is 11.0. The van der Waals surface area contributed by atoms with Crippen LogP contribution in [-0.2, 0) is 10.8 Å². The predicted octanol–water partition coefficient (Wildman–Crippen LogP) is 13.9. The number of furan rings is 2. The van der Waals surface area contributed by atoms with Crippen molar-refractivity contribution in [3.8, 4) is 45.3 Å². The highest BCUT2D eigenvalue weighted by atomic mass is 16.6. The lowest BCUT2D eigenvalue weighted by Crippen LogP contribution is -2.60. The van der Waals surface area contributed by atoms with Crippen molar-refractivity contribution >= 4 is 79.6 Å². The van der Waals surface area contributed by atoms with Gasteiger partial charge < -0.3 is 37.6 Å². The zero-order chi connectivity index (χ0) is 47.8. The highest BCUT2D eigenvalue weighted by Crippen LogP contribution is 2.55. The molecular formula is C61H55BN2O6. The summed E-state index contributed by atoms with van der Waals surface area (Å²) in [4.78, 5) is 4.92. The van der Waals surface area contributed by atoms with Crippen LogP contribution in [0.4, 0.5) is 34.1 Å². The van der Waals surface area contributed by atoms with E-state index in [0.29, 0.717) is 37.9 Å². The van der Waals surface area contributed by atoms with Crippen LogP contribution < -0.4 is 45.5 Å². The van der Waals surface area contributed by atoms with Crippen molar-refractivity contribution in [3.05, 3.63) is 150 Å². The largest absolute Gasteiger partial charge is 0.486 e. The van der Waals surface area contributed by atoms with Gasteiger partial charge in [0.1, 0.15) is 48.9 Å². The van der Waals surface area contributed by atoms with Crippen molar-refractivity contribution in [1.29, 1.82) is 0 Å². The Hall–Kier alpha value is -7.52. The Morgan fingerprint density at radius 3 is 1.24 bits per heavy atom. The lowest BCUT2D eigenvalue weighted by molar-refractivity contribution is 0.172. The van der Waals surface area contributed by atoms with Gasteiger partial charge in [-0.25, -0.2) is 0 Å². The van der Waals surface area contributed by atoms with E-state index >= 15 is 0 Å². The quantitative estimate of drug-likeness (QED) is 0.158. The maximum atomic E-state index is 7.42. The van der Waals surface area contributed by atoms with Crippen molar-refractivity contribution in [3.63, 3.8) is 0 Å². The summed E-state index contributed by atoms with van der Waals surface area (Å²) in [5.41, 5.74) is 17.9. The van der Waals surface area contributed by atoms with Gasteiger partial charge in [0.05, 0.1) is 22.7 Å². The van der Waals surface area contributed by atoms with E-state index in [0.717, 1.165) is 107 Å². The van der Waals surface area contributed by atoms with Gasteiger partial charge in [0, 0.05) is 45.4 Å². The molecule has 0 saturated carbocycles. The lowest BCUT2D eigenvalue weighted by atomic mass is 9.37. The van der Waals surface area contributed by atoms with Gasteiger partial charge in [-0.2, -0.15) is 0 Å². The molecule has 9 aromatic rings. The van der Waals surface area contributed by atoms with Gasteiger partial charge in [0.25, 0.3) is 0 Å². The average Bonchev–Trinajstić information content (AvgIpc) is 3.94. The Labute approximate surface area is 409 Å². The zero-order valence-corrected chi connectivity index (χ0v) is 41.0. The van der Waals surface area contributed by atoms with Crippen LogP contribution in [0, 0.1) is 0 Å². The molecule has 4 aliphatic heterocycles. The first-order valence-electron chi connectivity index (χ1n) is 24.7. The molecule has 0 radical (unpaired) electrons. The standard InChI is InChI=1S/C61H55BN2O6/c1-35(2)38-27-47-55-48(28-38)64(46-34-54-52(66-24-26-68-54)32-42(46)37-17-13-10-14-18-37)57-44-30-40(61(6,7)8)20-22-50(44)70-59(57)62(55)58-56(43-29-39(60(3,4)5)19-21-49(43)69-58)63(47)45-33-53-51(65-23-25-67-53)31-41(45)36-15-11-9-12-16-36/h9-22,27-35H,23-26H2,1-8H3. The second-order valence-electron chi connectivity index (χ2n) is 21.5. The van der Waals surface area contributed by atoms with Gasteiger partial charge in [-0.1, -0.05) is 128 Å². The summed E-state index contributed by atoms with van der Waals surface area (Å²) in [5, 5.41) is 2.07. The monoisotopic (exact) mass is 922 g/mol. The molecule has 8 nitrogen and oxygen atoms in total. The van der Waals surface area contributed by atoms with Gasteiger partial charge in [-0.05, 0) is 98.6 Å². The van der Waals surface area contributed by atoms with E-state index in [1.165, 1.54) is 16.7 Å². The first kappa shape index (κ1) is 42.6. The second-order valence-corrected chi connectivity index (χ2v) is 21.5. The molecule has 0 N–H and O–H groups in total. The van der Waals surface area contributed by atoms with Crippen LogP contribution in [0.15, 0.2) is 142 Å². The minimum absolute atomic E-state index is 0.123. The third-order valence-corrected chi connectivity index (χ3v) is 14.6. The first-order valence-corrected chi connectivity index (χ1v) is 24.7. The molecule has 0 spiro atoms. The summed E-state index contributed by atoms with van der Waals surface area (Å²) in [6, 6.07) is 48.1. The van der Waals surface area contributed by atoms with Crippen molar-refractivity contribution in [2.75, 3.05) is 36.2 Å². The van der Waals surface area contributed by atoms with E-state index in [1.807, 2.05) is 0 Å². The molecule has 70 heavy (non-hydrogen) atoms. The Balaban J connectivity index is 1.20. The van der Waals surface area contributed by atoms with Crippen LogP contribution >= 0.6 is 0 Å². The van der Waals surface area contributed by atoms with Crippen molar-refractivity contribution in [2.45, 2.75) is 72.1 Å². The zero-order valence-electron chi connectivity index (χ0n) is 41.0. The Morgan fingerprint density at radius 1 is 0.457 bits per heavy atom. The molecule has 7 aromatic carbocycles.